The minimum atomic E-state index is -0.219. The molecule has 2 aliphatic rings. The van der Waals surface area contributed by atoms with Crippen molar-refractivity contribution in [3.05, 3.63) is 42.0 Å². The van der Waals surface area contributed by atoms with Gasteiger partial charge in [-0.3, -0.25) is 4.79 Å². The number of nitrogens with zero attached hydrogens (tertiary/aromatic N) is 5. The molecule has 7 nitrogen and oxygen atoms in total. The molecule has 0 bridgehead atoms. The fourth-order valence-corrected chi connectivity index (χ4v) is 3.18. The highest BCUT2D eigenvalue weighted by Crippen LogP contribution is 2.36. The van der Waals surface area contributed by atoms with Crippen molar-refractivity contribution in [2.24, 2.45) is 0 Å². The molecule has 1 aliphatic heterocycles. The number of hydrogen-bond acceptors (Lipinski definition) is 5. The highest BCUT2D eigenvalue weighted by Gasteiger charge is 2.31. The van der Waals surface area contributed by atoms with E-state index in [4.69, 9.17) is 4.74 Å². The third kappa shape index (κ3) is 3.24. The molecule has 0 radical (unpaired) electrons. The van der Waals surface area contributed by atoms with E-state index in [2.05, 4.69) is 14.5 Å². The van der Waals surface area contributed by atoms with Gasteiger partial charge in [0.2, 0.25) is 5.95 Å². The van der Waals surface area contributed by atoms with Gasteiger partial charge in [0.25, 0.3) is 5.91 Å². The Labute approximate surface area is 147 Å². The van der Waals surface area contributed by atoms with Crippen molar-refractivity contribution in [3.63, 3.8) is 0 Å². The lowest BCUT2D eigenvalue weighted by molar-refractivity contribution is -0.0250. The summed E-state index contributed by atoms with van der Waals surface area (Å²) < 4.78 is 7.99. The molecule has 1 atom stereocenters. The Morgan fingerprint density at radius 3 is 2.92 bits per heavy atom. The van der Waals surface area contributed by atoms with Gasteiger partial charge in [-0.1, -0.05) is 0 Å². The van der Waals surface area contributed by atoms with Crippen molar-refractivity contribution in [1.29, 1.82) is 0 Å². The van der Waals surface area contributed by atoms with E-state index in [0.717, 1.165) is 24.2 Å². The maximum Gasteiger partial charge on any atom is 0.270 e. The van der Waals surface area contributed by atoms with E-state index in [9.17, 15) is 4.79 Å². The first kappa shape index (κ1) is 16.1. The number of anilines is 1. The van der Waals surface area contributed by atoms with E-state index in [-0.39, 0.29) is 12.0 Å². The topological polar surface area (TPSA) is 63.5 Å². The van der Waals surface area contributed by atoms with E-state index in [0.29, 0.717) is 31.7 Å². The molecular weight excluding hydrogens is 318 g/mol. The minimum Gasteiger partial charge on any atom is -0.368 e. The van der Waals surface area contributed by atoms with Gasteiger partial charge < -0.3 is 19.1 Å². The Balaban J connectivity index is 1.51. The second kappa shape index (κ2) is 6.48. The number of aromatic nitrogens is 3. The second-order valence-electron chi connectivity index (χ2n) is 6.82. The Bertz CT molecular complexity index is 768. The maximum atomic E-state index is 13.0. The van der Waals surface area contributed by atoms with Gasteiger partial charge in [-0.05, 0) is 31.0 Å². The average molecular weight is 341 g/mol. The number of carbonyl (C=O) groups excluding carboxylic acids is 1. The fourth-order valence-electron chi connectivity index (χ4n) is 3.18. The zero-order valence-electron chi connectivity index (χ0n) is 14.6. The van der Waals surface area contributed by atoms with Crippen LogP contribution in [0.3, 0.4) is 0 Å². The smallest absolute Gasteiger partial charge is 0.270 e. The van der Waals surface area contributed by atoms with Gasteiger partial charge in [-0.15, -0.1) is 0 Å². The van der Waals surface area contributed by atoms with Crippen molar-refractivity contribution >= 4 is 11.9 Å². The normalized spacial score (nSPS) is 20.6. The standard InChI is InChI=1S/C18H23N5O2/c1-21(2)18-19-8-7-14(20-18)16-12-22(10-11-25-16)17(24)15-4-3-9-23(15)13-5-6-13/h3-4,7-9,13,16H,5-6,10-12H2,1-2H3/t16-/m0/s1. The monoisotopic (exact) mass is 341 g/mol. The predicted octanol–water partition coefficient (Wildman–Crippen LogP) is 1.89. The van der Waals surface area contributed by atoms with Gasteiger partial charge in [-0.2, -0.15) is 0 Å². The van der Waals surface area contributed by atoms with Crippen LogP contribution < -0.4 is 4.90 Å². The van der Waals surface area contributed by atoms with Gasteiger partial charge in [0.05, 0.1) is 18.8 Å². The van der Waals surface area contributed by atoms with Crippen molar-refractivity contribution in [3.8, 4) is 0 Å². The van der Waals surface area contributed by atoms with E-state index in [1.54, 1.807) is 6.20 Å². The van der Waals surface area contributed by atoms with Crippen molar-refractivity contribution < 1.29 is 9.53 Å². The highest BCUT2D eigenvalue weighted by atomic mass is 16.5. The third-order valence-electron chi connectivity index (χ3n) is 4.69. The predicted molar refractivity (Wildman–Crippen MR) is 93.7 cm³/mol. The number of hydrogen-bond donors (Lipinski definition) is 0. The summed E-state index contributed by atoms with van der Waals surface area (Å²) in [5.41, 5.74) is 1.59. The molecular formula is C18H23N5O2. The van der Waals surface area contributed by atoms with Gasteiger partial charge in [0.1, 0.15) is 11.8 Å². The maximum absolute atomic E-state index is 13.0. The molecule has 4 rings (SSSR count). The lowest BCUT2D eigenvalue weighted by Crippen LogP contribution is -2.43. The van der Waals surface area contributed by atoms with Crippen LogP contribution in [0.25, 0.3) is 0 Å². The fraction of sp³-hybridized carbons (Fsp3) is 0.500. The molecule has 1 saturated carbocycles. The molecule has 25 heavy (non-hydrogen) atoms. The zero-order chi connectivity index (χ0) is 17.4. The molecule has 2 aromatic rings. The number of carbonyl (C=O) groups is 1. The number of rotatable bonds is 4. The van der Waals surface area contributed by atoms with Crippen LogP contribution in [0, 0.1) is 0 Å². The van der Waals surface area contributed by atoms with Crippen molar-refractivity contribution in [2.45, 2.75) is 25.0 Å². The molecule has 0 spiro atoms. The Kier molecular flexibility index (Phi) is 4.17. The van der Waals surface area contributed by atoms with Crippen LogP contribution in [0.5, 0.6) is 0 Å². The lowest BCUT2D eigenvalue weighted by Gasteiger charge is -2.33. The largest absolute Gasteiger partial charge is 0.368 e. The number of morpholine rings is 1. The van der Waals surface area contributed by atoms with Crippen LogP contribution in [0.15, 0.2) is 30.6 Å². The summed E-state index contributed by atoms with van der Waals surface area (Å²) in [6, 6.07) is 6.23. The first-order chi connectivity index (χ1) is 12.1. The summed E-state index contributed by atoms with van der Waals surface area (Å²) in [5.74, 6) is 0.722. The minimum absolute atomic E-state index is 0.0760. The van der Waals surface area contributed by atoms with Crippen LogP contribution in [-0.4, -0.2) is 59.1 Å². The summed E-state index contributed by atoms with van der Waals surface area (Å²) in [6.45, 7) is 1.64. The summed E-state index contributed by atoms with van der Waals surface area (Å²) in [5, 5.41) is 0. The van der Waals surface area contributed by atoms with Gasteiger partial charge >= 0.3 is 0 Å². The molecule has 0 unspecified atom stereocenters. The first-order valence-electron chi connectivity index (χ1n) is 8.71. The molecule has 1 aliphatic carbocycles. The van der Waals surface area contributed by atoms with Gasteiger partial charge in [0, 0.05) is 39.1 Å². The molecule has 2 aromatic heterocycles. The van der Waals surface area contributed by atoms with Crippen LogP contribution in [0.1, 0.15) is 41.2 Å². The second-order valence-corrected chi connectivity index (χ2v) is 6.82. The Morgan fingerprint density at radius 2 is 2.16 bits per heavy atom. The van der Waals surface area contributed by atoms with Crippen LogP contribution in [0.4, 0.5) is 5.95 Å². The summed E-state index contributed by atoms with van der Waals surface area (Å²) in [4.78, 5) is 25.5. The van der Waals surface area contributed by atoms with Gasteiger partial charge in [0.15, 0.2) is 0 Å². The molecule has 2 fully saturated rings. The van der Waals surface area contributed by atoms with Crippen LogP contribution in [0.2, 0.25) is 0 Å². The van der Waals surface area contributed by atoms with Crippen LogP contribution >= 0.6 is 0 Å². The first-order valence-corrected chi connectivity index (χ1v) is 8.71. The van der Waals surface area contributed by atoms with Crippen molar-refractivity contribution in [2.75, 3.05) is 38.7 Å². The van der Waals surface area contributed by atoms with Gasteiger partial charge in [-0.25, -0.2) is 9.97 Å². The average Bonchev–Trinajstić information content (AvgIpc) is 3.38. The SMILES string of the molecule is CN(C)c1nccc([C@@H]2CN(C(=O)c3cccn3C3CC3)CCO2)n1. The number of ether oxygens (including phenoxy) is 1. The molecule has 7 heteroatoms. The zero-order valence-corrected chi connectivity index (χ0v) is 14.6. The third-order valence-corrected chi connectivity index (χ3v) is 4.69. The molecule has 0 N–H and O–H groups in total. The quantitative estimate of drug-likeness (QED) is 0.850. The summed E-state index contributed by atoms with van der Waals surface area (Å²) >= 11 is 0. The van der Waals surface area contributed by atoms with E-state index in [1.165, 1.54) is 0 Å². The molecule has 1 amide bonds. The number of amides is 1. The molecule has 0 aromatic carbocycles. The molecule has 3 heterocycles. The molecule has 1 saturated heterocycles. The van der Waals surface area contributed by atoms with Crippen LogP contribution in [-0.2, 0) is 4.74 Å². The summed E-state index contributed by atoms with van der Waals surface area (Å²) in [7, 11) is 3.81. The molecule has 132 valence electrons. The Hall–Kier alpha value is -2.41. The van der Waals surface area contributed by atoms with E-state index >= 15 is 0 Å². The summed E-state index contributed by atoms with van der Waals surface area (Å²) in [6.07, 6.45) is 5.85. The Morgan fingerprint density at radius 1 is 1.32 bits per heavy atom. The lowest BCUT2D eigenvalue weighted by atomic mass is 10.2. The highest BCUT2D eigenvalue weighted by molar-refractivity contribution is 5.93. The van der Waals surface area contributed by atoms with E-state index < -0.39 is 0 Å². The van der Waals surface area contributed by atoms with E-state index in [1.807, 2.05) is 48.3 Å². The van der Waals surface area contributed by atoms with Crippen molar-refractivity contribution in [1.82, 2.24) is 19.4 Å².